The minimum Gasteiger partial charge on any atom is -0.350 e. The fraction of sp³-hybridized carbons (Fsp3) is 0.727. The number of halogens is 3. The van der Waals surface area contributed by atoms with Crippen LogP contribution >= 0.6 is 0 Å². The largest absolute Gasteiger partial charge is 0.431 e. The van der Waals surface area contributed by atoms with Gasteiger partial charge in [0.25, 0.3) is 10.1 Å². The van der Waals surface area contributed by atoms with E-state index in [9.17, 15) is 21.6 Å². The number of ether oxygens (including phenoxy) is 1. The van der Waals surface area contributed by atoms with Gasteiger partial charge in [0.1, 0.15) is 0 Å². The molecule has 1 unspecified atom stereocenters. The Morgan fingerprint density at radius 2 is 1.97 bits per heavy atom. The monoisotopic (exact) mass is 463 g/mol. The van der Waals surface area contributed by atoms with Crippen LogP contribution in [0.25, 0.3) is 0 Å². The van der Waals surface area contributed by atoms with Crippen molar-refractivity contribution in [3.63, 3.8) is 0 Å². The van der Waals surface area contributed by atoms with Crippen LogP contribution in [0.2, 0.25) is 0 Å². The first-order valence-corrected chi connectivity index (χ1v) is 12.8. The van der Waals surface area contributed by atoms with Crippen LogP contribution < -0.4 is 0 Å². The highest BCUT2D eigenvalue weighted by Gasteiger charge is 2.67. The molecule has 4 atom stereocenters. The van der Waals surface area contributed by atoms with Crippen LogP contribution in [0.5, 0.6) is 0 Å². The average molecular weight is 464 g/mol. The predicted molar refractivity (Wildman–Crippen MR) is 112 cm³/mol. The number of rotatable bonds is 9. The molecule has 0 amide bonds. The number of fused-ring (bicyclic) bond motifs is 1. The number of hydrogen-bond donors (Lipinski definition) is 0. The van der Waals surface area contributed by atoms with Crippen molar-refractivity contribution in [1.29, 1.82) is 0 Å². The van der Waals surface area contributed by atoms with E-state index in [4.69, 9.17) is 8.92 Å². The van der Waals surface area contributed by atoms with Crippen molar-refractivity contribution >= 4 is 10.1 Å². The summed E-state index contributed by atoms with van der Waals surface area (Å²) in [6.07, 6.45) is -0.000222. The van der Waals surface area contributed by atoms with E-state index in [-0.39, 0.29) is 19.1 Å². The van der Waals surface area contributed by atoms with Gasteiger partial charge in [-0.15, -0.1) is 0 Å². The zero-order valence-electron chi connectivity index (χ0n) is 18.1. The maximum absolute atomic E-state index is 14.3. The first kappa shape index (κ1) is 24.5. The molecular formula is C22H32F3NO4S. The van der Waals surface area contributed by atoms with E-state index in [0.717, 1.165) is 24.7 Å². The Morgan fingerprint density at radius 1 is 1.26 bits per heavy atom. The zero-order valence-corrected chi connectivity index (χ0v) is 18.9. The molecular weight excluding hydrogens is 431 g/mol. The molecule has 2 saturated heterocycles. The van der Waals surface area contributed by atoms with Gasteiger partial charge in [0.05, 0.1) is 25.0 Å². The lowest BCUT2D eigenvalue weighted by molar-refractivity contribution is -0.322. The molecule has 31 heavy (non-hydrogen) atoms. The Hall–Kier alpha value is -1.16. The Labute approximate surface area is 183 Å². The normalized spacial score (nSPS) is 28.4. The average Bonchev–Trinajstić information content (AvgIpc) is 3.11. The van der Waals surface area contributed by atoms with E-state index < -0.39 is 34.2 Å². The zero-order chi connectivity index (χ0) is 22.7. The Balaban J connectivity index is 1.84. The molecule has 1 aromatic rings. The number of benzene rings is 1. The molecule has 5 nitrogen and oxygen atoms in total. The molecule has 0 radical (unpaired) electrons. The van der Waals surface area contributed by atoms with E-state index >= 15 is 0 Å². The Morgan fingerprint density at radius 3 is 2.58 bits per heavy atom. The molecule has 2 aliphatic rings. The van der Waals surface area contributed by atoms with Crippen molar-refractivity contribution in [2.45, 2.75) is 88.4 Å². The number of alkyl halides is 3. The molecule has 2 heterocycles. The number of nitrogens with zero attached hydrogens (tertiary/aromatic N) is 1. The molecule has 176 valence electrons. The summed E-state index contributed by atoms with van der Waals surface area (Å²) in [7, 11) is -3.63. The molecule has 0 aromatic heterocycles. The van der Waals surface area contributed by atoms with Crippen molar-refractivity contribution in [2.75, 3.05) is 12.9 Å². The lowest BCUT2D eigenvalue weighted by atomic mass is 9.87. The molecule has 2 aliphatic heterocycles. The summed E-state index contributed by atoms with van der Waals surface area (Å²) in [5.41, 5.74) is -1.48. The first-order valence-electron chi connectivity index (χ1n) is 11.0. The highest BCUT2D eigenvalue weighted by atomic mass is 32.2. The van der Waals surface area contributed by atoms with Crippen molar-refractivity contribution in [3.05, 3.63) is 35.9 Å². The molecule has 2 fully saturated rings. The van der Waals surface area contributed by atoms with Gasteiger partial charge in [0.2, 0.25) is 5.72 Å². The van der Waals surface area contributed by atoms with Crippen LogP contribution in [0.15, 0.2) is 30.3 Å². The summed E-state index contributed by atoms with van der Waals surface area (Å²) in [6, 6.07) is 8.30. The highest BCUT2D eigenvalue weighted by molar-refractivity contribution is 7.86. The van der Waals surface area contributed by atoms with E-state index in [1.54, 1.807) is 0 Å². The lowest BCUT2D eigenvalue weighted by Gasteiger charge is -2.48. The van der Waals surface area contributed by atoms with Gasteiger partial charge in [-0.05, 0) is 44.1 Å². The third-order valence-electron chi connectivity index (χ3n) is 6.32. The molecule has 9 heteroatoms. The molecule has 1 aromatic carbocycles. The number of piperidine rings is 1. The molecule has 0 saturated carbocycles. The van der Waals surface area contributed by atoms with Crippen LogP contribution in [0, 0.1) is 0 Å². The van der Waals surface area contributed by atoms with Crippen LogP contribution in [0.4, 0.5) is 13.2 Å². The van der Waals surface area contributed by atoms with Crippen LogP contribution in [0.1, 0.15) is 69.9 Å². The minimum absolute atomic E-state index is 0.0148. The minimum atomic E-state index is -4.51. The third kappa shape index (κ3) is 5.61. The Kier molecular flexibility index (Phi) is 7.71. The van der Waals surface area contributed by atoms with E-state index in [1.807, 2.05) is 37.3 Å². The van der Waals surface area contributed by atoms with Gasteiger partial charge >= 0.3 is 6.18 Å². The van der Waals surface area contributed by atoms with Crippen LogP contribution in [0.3, 0.4) is 0 Å². The predicted octanol–water partition coefficient (Wildman–Crippen LogP) is 5.19. The van der Waals surface area contributed by atoms with Crippen LogP contribution in [-0.2, 0) is 19.0 Å². The van der Waals surface area contributed by atoms with Gasteiger partial charge in [-0.2, -0.15) is 21.6 Å². The summed E-state index contributed by atoms with van der Waals surface area (Å²) in [4.78, 5) is 1.52. The SMILES string of the molecule is CCCC[C@H](CCC1CCC[C@@]2(C(F)(F)F)OC[C@H](c3ccccc3)N12)OS(C)(=O)=O. The van der Waals surface area contributed by atoms with Crippen molar-refractivity contribution in [3.8, 4) is 0 Å². The van der Waals surface area contributed by atoms with Crippen molar-refractivity contribution < 1.29 is 30.5 Å². The van der Waals surface area contributed by atoms with E-state index in [0.29, 0.717) is 32.1 Å². The highest BCUT2D eigenvalue weighted by Crippen LogP contribution is 2.53. The summed E-state index contributed by atoms with van der Waals surface area (Å²) in [5, 5.41) is 0. The summed E-state index contributed by atoms with van der Waals surface area (Å²) >= 11 is 0. The van der Waals surface area contributed by atoms with Crippen molar-refractivity contribution in [2.24, 2.45) is 0 Å². The summed E-state index contributed by atoms with van der Waals surface area (Å²) < 4.78 is 76.9. The van der Waals surface area contributed by atoms with Gasteiger partial charge in [-0.1, -0.05) is 50.1 Å². The number of hydrogen-bond acceptors (Lipinski definition) is 5. The second-order valence-electron chi connectivity index (χ2n) is 8.61. The first-order chi connectivity index (χ1) is 14.6. The van der Waals surface area contributed by atoms with E-state index in [1.165, 1.54) is 4.90 Å². The quantitative estimate of drug-likeness (QED) is 0.472. The van der Waals surface area contributed by atoms with Gasteiger partial charge in [-0.3, -0.25) is 9.08 Å². The maximum Gasteiger partial charge on any atom is 0.431 e. The van der Waals surface area contributed by atoms with Gasteiger partial charge in [-0.25, -0.2) is 0 Å². The molecule has 0 aliphatic carbocycles. The lowest BCUT2D eigenvalue weighted by Crippen LogP contribution is -2.62. The second-order valence-corrected chi connectivity index (χ2v) is 10.2. The summed E-state index contributed by atoms with van der Waals surface area (Å²) in [6.45, 7) is 1.99. The van der Waals surface area contributed by atoms with Crippen molar-refractivity contribution in [1.82, 2.24) is 4.90 Å². The smallest absolute Gasteiger partial charge is 0.350 e. The summed E-state index contributed by atoms with van der Waals surface area (Å²) in [5.74, 6) is 0. The topological polar surface area (TPSA) is 55.8 Å². The van der Waals surface area contributed by atoms with Crippen LogP contribution in [-0.4, -0.2) is 50.2 Å². The fourth-order valence-electron chi connectivity index (χ4n) is 4.97. The molecule has 3 rings (SSSR count). The fourth-order valence-corrected chi connectivity index (χ4v) is 5.66. The van der Waals surface area contributed by atoms with Gasteiger partial charge in [0.15, 0.2) is 0 Å². The standard InChI is InChI=1S/C22H32F3NO4S/c1-3-4-12-19(30-31(2,27)28)14-13-18-11-8-15-21(22(23,24)25)26(18)20(16-29-21)17-9-6-5-7-10-17/h5-7,9-10,18-20H,3-4,8,11-16H2,1-2H3/t18?,19-,20-,21+/m1/s1. The van der Waals surface area contributed by atoms with Gasteiger partial charge in [0, 0.05) is 6.04 Å². The van der Waals surface area contributed by atoms with E-state index in [2.05, 4.69) is 0 Å². The maximum atomic E-state index is 14.3. The third-order valence-corrected chi connectivity index (χ3v) is 6.94. The molecule has 0 bridgehead atoms. The van der Waals surface area contributed by atoms with Gasteiger partial charge < -0.3 is 4.74 Å². The second kappa shape index (κ2) is 9.77. The molecule has 0 spiro atoms. The molecule has 0 N–H and O–H groups in total. The Bertz CT molecular complexity index is 818. The number of unbranched alkanes of at least 4 members (excludes halogenated alkanes) is 1.